The van der Waals surface area contributed by atoms with Crippen LogP contribution in [0.25, 0.3) is 11.3 Å². The highest BCUT2D eigenvalue weighted by atomic mass is 19.1. The highest BCUT2D eigenvalue weighted by molar-refractivity contribution is 5.71. The minimum atomic E-state index is -0.282. The monoisotopic (exact) mass is 231 g/mol. The second kappa shape index (κ2) is 4.91. The lowest BCUT2D eigenvalue weighted by atomic mass is 10.1. The van der Waals surface area contributed by atoms with Crippen LogP contribution in [-0.4, -0.2) is 16.5 Å². The summed E-state index contributed by atoms with van der Waals surface area (Å²) in [6, 6.07) is 4.97. The molecule has 0 fully saturated rings. The quantitative estimate of drug-likeness (QED) is 0.882. The van der Waals surface area contributed by atoms with Gasteiger partial charge >= 0.3 is 0 Å². The molecule has 0 amide bonds. The highest BCUT2D eigenvalue weighted by Gasteiger charge is 2.11. The van der Waals surface area contributed by atoms with Crippen molar-refractivity contribution < 1.29 is 4.39 Å². The Labute approximate surface area is 99.7 Å². The van der Waals surface area contributed by atoms with E-state index in [2.05, 4.69) is 15.3 Å². The largest absolute Gasteiger partial charge is 0.369 e. The predicted octanol–water partition coefficient (Wildman–Crippen LogP) is 3.02. The van der Waals surface area contributed by atoms with Crippen LogP contribution in [0.4, 0.5) is 10.2 Å². The molecule has 2 aromatic rings. The molecule has 1 aromatic carbocycles. The van der Waals surface area contributed by atoms with Gasteiger partial charge in [-0.2, -0.15) is 0 Å². The van der Waals surface area contributed by atoms with Crippen molar-refractivity contribution in [3.8, 4) is 11.3 Å². The normalized spacial score (nSPS) is 10.3. The average molecular weight is 231 g/mol. The van der Waals surface area contributed by atoms with Crippen LogP contribution >= 0.6 is 0 Å². The van der Waals surface area contributed by atoms with Crippen molar-refractivity contribution in [2.24, 2.45) is 0 Å². The van der Waals surface area contributed by atoms with E-state index in [0.29, 0.717) is 17.1 Å². The van der Waals surface area contributed by atoms with Crippen LogP contribution in [0, 0.1) is 12.7 Å². The zero-order valence-corrected chi connectivity index (χ0v) is 9.87. The summed E-state index contributed by atoms with van der Waals surface area (Å²) in [5, 5.41) is 3.08. The number of nitrogens with zero attached hydrogens (tertiary/aromatic N) is 2. The fourth-order valence-corrected chi connectivity index (χ4v) is 1.65. The Balaban J connectivity index is 2.55. The summed E-state index contributed by atoms with van der Waals surface area (Å²) < 4.78 is 13.8. The molecule has 0 unspecified atom stereocenters. The van der Waals surface area contributed by atoms with Crippen LogP contribution in [0.15, 0.2) is 30.6 Å². The molecule has 1 heterocycles. The summed E-state index contributed by atoms with van der Waals surface area (Å²) >= 11 is 0. The molecule has 0 bridgehead atoms. The predicted molar refractivity (Wildman–Crippen MR) is 66.3 cm³/mol. The lowest BCUT2D eigenvalue weighted by Gasteiger charge is -2.09. The van der Waals surface area contributed by atoms with E-state index in [4.69, 9.17) is 0 Å². The van der Waals surface area contributed by atoms with Gasteiger partial charge in [0, 0.05) is 24.5 Å². The molecule has 17 heavy (non-hydrogen) atoms. The molecule has 4 heteroatoms. The summed E-state index contributed by atoms with van der Waals surface area (Å²) in [5.41, 5.74) is 2.03. The number of aromatic nitrogens is 2. The third kappa shape index (κ3) is 2.41. The Morgan fingerprint density at radius 3 is 2.76 bits per heavy atom. The number of rotatable bonds is 3. The van der Waals surface area contributed by atoms with Gasteiger partial charge in [0.25, 0.3) is 0 Å². The first-order chi connectivity index (χ1) is 8.22. The molecule has 1 N–H and O–H groups in total. The summed E-state index contributed by atoms with van der Waals surface area (Å²) in [7, 11) is 0. The van der Waals surface area contributed by atoms with Gasteiger partial charge in [-0.05, 0) is 26.0 Å². The van der Waals surface area contributed by atoms with Gasteiger partial charge in [-0.1, -0.05) is 11.6 Å². The van der Waals surface area contributed by atoms with E-state index in [-0.39, 0.29) is 5.82 Å². The molecule has 0 radical (unpaired) electrons. The molecular formula is C13H14FN3. The van der Waals surface area contributed by atoms with Crippen LogP contribution in [-0.2, 0) is 0 Å². The van der Waals surface area contributed by atoms with Crippen molar-refractivity contribution in [1.29, 1.82) is 0 Å². The van der Waals surface area contributed by atoms with Crippen LogP contribution in [0.2, 0.25) is 0 Å². The fraction of sp³-hybridized carbons (Fsp3) is 0.231. The maximum Gasteiger partial charge on any atom is 0.152 e. The number of aryl methyl sites for hydroxylation is 1. The molecule has 3 nitrogen and oxygen atoms in total. The molecule has 0 aliphatic heterocycles. The molecule has 0 atom stereocenters. The lowest BCUT2D eigenvalue weighted by molar-refractivity contribution is 0.630. The van der Waals surface area contributed by atoms with Crippen LogP contribution in [0.5, 0.6) is 0 Å². The Morgan fingerprint density at radius 2 is 2.00 bits per heavy atom. The van der Waals surface area contributed by atoms with E-state index < -0.39 is 0 Å². The summed E-state index contributed by atoms with van der Waals surface area (Å²) in [6.07, 6.45) is 3.16. The molecule has 1 aromatic heterocycles. The van der Waals surface area contributed by atoms with E-state index in [0.717, 1.165) is 12.1 Å². The first-order valence-electron chi connectivity index (χ1n) is 5.53. The van der Waals surface area contributed by atoms with Crippen molar-refractivity contribution in [2.45, 2.75) is 13.8 Å². The van der Waals surface area contributed by atoms with Gasteiger partial charge in [-0.3, -0.25) is 4.98 Å². The number of nitrogens with one attached hydrogen (secondary N) is 1. The van der Waals surface area contributed by atoms with Gasteiger partial charge in [0.2, 0.25) is 0 Å². The minimum Gasteiger partial charge on any atom is -0.369 e. The first kappa shape index (κ1) is 11.5. The third-order valence-corrected chi connectivity index (χ3v) is 2.42. The van der Waals surface area contributed by atoms with E-state index in [1.165, 1.54) is 6.07 Å². The first-order valence-corrected chi connectivity index (χ1v) is 5.53. The van der Waals surface area contributed by atoms with Crippen molar-refractivity contribution in [1.82, 2.24) is 9.97 Å². The number of halogens is 1. The van der Waals surface area contributed by atoms with Gasteiger partial charge in [0.15, 0.2) is 5.82 Å². The smallest absolute Gasteiger partial charge is 0.152 e. The van der Waals surface area contributed by atoms with Gasteiger partial charge in [-0.25, -0.2) is 9.37 Å². The molecule has 0 saturated carbocycles. The molecule has 0 aliphatic carbocycles. The Hall–Kier alpha value is -1.97. The topological polar surface area (TPSA) is 37.8 Å². The number of benzene rings is 1. The average Bonchev–Trinajstić information content (AvgIpc) is 2.34. The minimum absolute atomic E-state index is 0.282. The van der Waals surface area contributed by atoms with E-state index in [9.17, 15) is 4.39 Å². The molecule has 0 saturated heterocycles. The number of anilines is 1. The van der Waals surface area contributed by atoms with Gasteiger partial charge in [0.05, 0.1) is 0 Å². The van der Waals surface area contributed by atoms with Gasteiger partial charge < -0.3 is 5.32 Å². The second-order valence-corrected chi connectivity index (χ2v) is 3.77. The molecule has 2 rings (SSSR count). The molecule has 0 aliphatic rings. The standard InChI is InChI=1S/C13H14FN3/c1-3-15-13-12(16-6-7-17-13)10-8-9(2)4-5-11(10)14/h4-8H,3H2,1-2H3,(H,15,17). The third-order valence-electron chi connectivity index (χ3n) is 2.42. The SMILES string of the molecule is CCNc1nccnc1-c1cc(C)ccc1F. The zero-order chi connectivity index (χ0) is 12.3. The number of hydrogen-bond acceptors (Lipinski definition) is 3. The molecular weight excluding hydrogens is 217 g/mol. The van der Waals surface area contributed by atoms with Crippen molar-refractivity contribution >= 4 is 5.82 Å². The van der Waals surface area contributed by atoms with Crippen molar-refractivity contribution in [3.05, 3.63) is 42.0 Å². The summed E-state index contributed by atoms with van der Waals surface area (Å²) in [4.78, 5) is 8.38. The van der Waals surface area contributed by atoms with Crippen LogP contribution in [0.3, 0.4) is 0 Å². The van der Waals surface area contributed by atoms with Crippen LogP contribution in [0.1, 0.15) is 12.5 Å². The Morgan fingerprint density at radius 1 is 1.24 bits per heavy atom. The highest BCUT2D eigenvalue weighted by Crippen LogP contribution is 2.26. The van der Waals surface area contributed by atoms with Gasteiger partial charge in [0.1, 0.15) is 11.5 Å². The molecule has 0 spiro atoms. The summed E-state index contributed by atoms with van der Waals surface area (Å²) in [5.74, 6) is 0.328. The Bertz CT molecular complexity index is 526. The van der Waals surface area contributed by atoms with Crippen LogP contribution < -0.4 is 5.32 Å². The fourth-order valence-electron chi connectivity index (χ4n) is 1.65. The summed E-state index contributed by atoms with van der Waals surface area (Å²) in [6.45, 7) is 4.61. The zero-order valence-electron chi connectivity index (χ0n) is 9.87. The maximum absolute atomic E-state index is 13.8. The second-order valence-electron chi connectivity index (χ2n) is 3.77. The van der Waals surface area contributed by atoms with Gasteiger partial charge in [-0.15, -0.1) is 0 Å². The van der Waals surface area contributed by atoms with E-state index >= 15 is 0 Å². The van der Waals surface area contributed by atoms with Crippen molar-refractivity contribution in [2.75, 3.05) is 11.9 Å². The molecule has 88 valence electrons. The maximum atomic E-state index is 13.8. The van der Waals surface area contributed by atoms with E-state index in [1.807, 2.05) is 13.8 Å². The Kier molecular flexibility index (Phi) is 3.32. The lowest BCUT2D eigenvalue weighted by Crippen LogP contribution is -2.03. The number of hydrogen-bond donors (Lipinski definition) is 1. The van der Waals surface area contributed by atoms with E-state index in [1.54, 1.807) is 24.5 Å². The van der Waals surface area contributed by atoms with Crippen molar-refractivity contribution in [3.63, 3.8) is 0 Å².